The van der Waals surface area contributed by atoms with Crippen molar-refractivity contribution in [2.75, 3.05) is 18.9 Å². The van der Waals surface area contributed by atoms with Crippen molar-refractivity contribution in [2.24, 2.45) is 0 Å². The Bertz CT molecular complexity index is 2080. The van der Waals surface area contributed by atoms with E-state index in [2.05, 4.69) is 36.9 Å². The van der Waals surface area contributed by atoms with Crippen LogP contribution >= 0.6 is 31.3 Å². The molecule has 5 rings (SSSR count). The number of nitrogens with one attached hydrogen (secondary N) is 1. The standard InChI is InChI=1S/C19H27N7O21P4/c20-15-10-16(22-5-21-15)26(6-23-10)18-14(31)12(29)8(44-18)4-42-49(35,36)46-51(39,40)47-50(37,38)45-48(33,34)41-3-7-11(28)13(30)17(43-7)25-2-1-9(27)24-19(25)32/h1-2,5-8,11-14,17-18,28-31H,3-4H2,(H,33,34)(H,35,36)(H,37,38)(H,39,40)(H2,20,21,22)(H,24,27,32)/p-4/t7-,8-,11-,12-,13-,14-,17-,18-/m1/s1. The summed E-state index contributed by atoms with van der Waals surface area (Å²) in [6.45, 7) is -2.55. The predicted molar refractivity (Wildman–Crippen MR) is 148 cm³/mol. The molecule has 7 N–H and O–H groups in total. The fourth-order valence-electron chi connectivity index (χ4n) is 4.65. The number of hydrogen-bond acceptors (Lipinski definition) is 25. The number of phosphoric acid groups is 4. The molecular weight excluding hydrogens is 786 g/mol. The molecule has 0 bridgehead atoms. The molecule has 28 nitrogen and oxygen atoms in total. The number of H-pyrrole nitrogens is 1. The molecule has 5 heterocycles. The summed E-state index contributed by atoms with van der Waals surface area (Å²) in [6, 6.07) is 0.850. The number of aromatic nitrogens is 6. The Morgan fingerprint density at radius 1 is 0.765 bits per heavy atom. The number of anilines is 1. The Kier molecular flexibility index (Phi) is 11.4. The van der Waals surface area contributed by atoms with E-state index in [1.165, 1.54) is 0 Å². The van der Waals surface area contributed by atoms with Crippen LogP contribution in [0.25, 0.3) is 11.2 Å². The molecule has 32 heteroatoms. The Balaban J connectivity index is 1.14. The molecule has 284 valence electrons. The summed E-state index contributed by atoms with van der Waals surface area (Å²) in [4.78, 5) is 85.0. The van der Waals surface area contributed by atoms with Crippen molar-refractivity contribution in [2.45, 2.75) is 49.1 Å². The van der Waals surface area contributed by atoms with Gasteiger partial charge in [-0.1, -0.05) is 0 Å². The van der Waals surface area contributed by atoms with Crippen LogP contribution in [0.1, 0.15) is 12.5 Å². The smallest absolute Gasteiger partial charge is 0.330 e. The number of nitrogens with two attached hydrogens (primary N) is 1. The lowest BCUT2D eigenvalue weighted by molar-refractivity contribution is -0.255. The molecule has 4 unspecified atom stereocenters. The number of aliphatic hydroxyl groups is 4. The van der Waals surface area contributed by atoms with Crippen molar-refractivity contribution in [3.05, 3.63) is 45.8 Å². The van der Waals surface area contributed by atoms with Gasteiger partial charge in [0.1, 0.15) is 48.5 Å². The lowest BCUT2D eigenvalue weighted by Gasteiger charge is -2.36. The maximum absolute atomic E-state index is 12.2. The van der Waals surface area contributed by atoms with Crippen LogP contribution in [-0.4, -0.2) is 99.3 Å². The molecule has 0 spiro atoms. The highest BCUT2D eigenvalue weighted by atomic mass is 31.3. The summed E-state index contributed by atoms with van der Waals surface area (Å²) in [5, 5.41) is 41.1. The fourth-order valence-corrected chi connectivity index (χ4v) is 9.40. The SMILES string of the molecule is Nc1ncnc2c1ncn2[C@@H]1O[C@H](COP(=O)([O-])OP(=O)([O-])OP(=O)([O-])OP(=O)([O-])OC[C@H]2O[C@@H](n3ccc(=O)[nH]c3=O)[C@H](O)[C@@H]2O)[C@@H](O)[C@H]1O. The van der Waals surface area contributed by atoms with Gasteiger partial charge in [-0.15, -0.1) is 0 Å². The number of aromatic amines is 1. The monoisotopic (exact) mass is 809 g/mol. The van der Waals surface area contributed by atoms with E-state index in [0.29, 0.717) is 4.57 Å². The van der Waals surface area contributed by atoms with Crippen molar-refractivity contribution in [1.29, 1.82) is 0 Å². The minimum Gasteiger partial charge on any atom is -0.756 e. The fraction of sp³-hybridized carbons (Fsp3) is 0.526. The van der Waals surface area contributed by atoms with E-state index in [9.17, 15) is 67.8 Å². The van der Waals surface area contributed by atoms with Gasteiger partial charge in [-0.2, -0.15) is 0 Å². The number of aliphatic hydroxyl groups excluding tert-OH is 4. The molecule has 0 aliphatic carbocycles. The first-order valence-electron chi connectivity index (χ1n) is 13.5. The third-order valence-corrected chi connectivity index (χ3v) is 12.6. The van der Waals surface area contributed by atoms with Crippen LogP contribution in [0, 0.1) is 0 Å². The molecule has 0 saturated carbocycles. The van der Waals surface area contributed by atoms with Crippen LogP contribution in [0.4, 0.5) is 5.82 Å². The average molecular weight is 809 g/mol. The molecule has 2 aliphatic heterocycles. The number of rotatable bonds is 14. The lowest BCUT2D eigenvalue weighted by atomic mass is 10.1. The second-order valence-corrected chi connectivity index (χ2v) is 16.4. The van der Waals surface area contributed by atoms with Gasteiger partial charge in [0.15, 0.2) is 23.9 Å². The first-order valence-corrected chi connectivity index (χ1v) is 19.4. The highest BCUT2D eigenvalue weighted by Gasteiger charge is 2.46. The van der Waals surface area contributed by atoms with Gasteiger partial charge in [-0.05, 0) is 0 Å². The molecule has 0 radical (unpaired) electrons. The molecule has 0 aromatic carbocycles. The summed E-state index contributed by atoms with van der Waals surface area (Å²) in [5.41, 5.74) is 3.89. The Morgan fingerprint density at radius 3 is 1.76 bits per heavy atom. The van der Waals surface area contributed by atoms with Gasteiger partial charge in [0.05, 0.1) is 19.5 Å². The molecule has 3 aromatic rings. The van der Waals surface area contributed by atoms with Crippen molar-refractivity contribution in [3.63, 3.8) is 0 Å². The summed E-state index contributed by atoms with van der Waals surface area (Å²) in [5.74, 6) is -0.0449. The van der Waals surface area contributed by atoms with E-state index >= 15 is 0 Å². The van der Waals surface area contributed by atoms with Crippen LogP contribution in [0.3, 0.4) is 0 Å². The zero-order chi connectivity index (χ0) is 37.7. The van der Waals surface area contributed by atoms with Gasteiger partial charge in [0.2, 0.25) is 0 Å². The van der Waals surface area contributed by atoms with Gasteiger partial charge < -0.3 is 64.3 Å². The molecular formula is C19H23N7O21P4-4. The highest BCUT2D eigenvalue weighted by molar-refractivity contribution is 7.68. The molecule has 0 amide bonds. The summed E-state index contributed by atoms with van der Waals surface area (Å²) in [6.07, 6.45) is -11.2. The second-order valence-electron chi connectivity index (χ2n) is 10.3. The van der Waals surface area contributed by atoms with E-state index < -0.39 is 105 Å². The van der Waals surface area contributed by atoms with Crippen LogP contribution in [-0.2, 0) is 49.7 Å². The van der Waals surface area contributed by atoms with E-state index in [0.717, 1.165) is 29.5 Å². The first kappa shape index (κ1) is 39.6. The first-order chi connectivity index (χ1) is 23.6. The Hall–Kier alpha value is -2.65. The van der Waals surface area contributed by atoms with Gasteiger partial charge >= 0.3 is 5.69 Å². The number of nitrogen functional groups attached to an aromatic ring is 1. The second kappa shape index (κ2) is 14.6. The number of phosphoric ester groups is 2. The highest BCUT2D eigenvalue weighted by Crippen LogP contribution is 2.66. The summed E-state index contributed by atoms with van der Waals surface area (Å²) in [7, 11) is -25.5. The summed E-state index contributed by atoms with van der Waals surface area (Å²) >= 11 is 0. The lowest BCUT2D eigenvalue weighted by Crippen LogP contribution is -2.37. The zero-order valence-electron chi connectivity index (χ0n) is 24.7. The number of fused-ring (bicyclic) bond motifs is 1. The number of imidazole rings is 1. The third-order valence-electron chi connectivity index (χ3n) is 6.85. The Morgan fingerprint density at radius 2 is 1.25 bits per heavy atom. The molecule has 51 heavy (non-hydrogen) atoms. The van der Waals surface area contributed by atoms with Crippen molar-refractivity contribution >= 4 is 48.3 Å². The van der Waals surface area contributed by atoms with Crippen LogP contribution in [0.15, 0.2) is 34.5 Å². The topological polar surface area (TPSA) is 431 Å². The van der Waals surface area contributed by atoms with E-state index in [-0.39, 0.29) is 17.0 Å². The van der Waals surface area contributed by atoms with Crippen molar-refractivity contribution in [1.82, 2.24) is 29.1 Å². The van der Waals surface area contributed by atoms with Crippen LogP contribution in [0.2, 0.25) is 0 Å². The predicted octanol–water partition coefficient (Wildman–Crippen LogP) is -5.85. The normalized spacial score (nSPS) is 31.5. The van der Waals surface area contributed by atoms with E-state index in [1.807, 2.05) is 4.98 Å². The maximum Gasteiger partial charge on any atom is 0.330 e. The molecule has 3 aromatic heterocycles. The van der Waals surface area contributed by atoms with Gasteiger partial charge in [0.25, 0.3) is 36.9 Å². The van der Waals surface area contributed by atoms with Gasteiger partial charge in [-0.3, -0.25) is 37.2 Å². The van der Waals surface area contributed by atoms with Gasteiger partial charge in [0, 0.05) is 12.3 Å². The van der Waals surface area contributed by atoms with Crippen molar-refractivity contribution < 1.29 is 89.7 Å². The Labute approximate surface area is 281 Å². The molecule has 2 aliphatic rings. The molecule has 2 saturated heterocycles. The average Bonchev–Trinajstić information content (AvgIpc) is 3.64. The largest absolute Gasteiger partial charge is 0.756 e. The maximum atomic E-state index is 12.2. The number of nitrogens with zero attached hydrogens (tertiary/aromatic N) is 5. The minimum absolute atomic E-state index is 0.0393. The van der Waals surface area contributed by atoms with Crippen LogP contribution < -0.4 is 36.6 Å². The molecule has 2 fully saturated rings. The van der Waals surface area contributed by atoms with Gasteiger partial charge in [-0.25, -0.2) is 32.7 Å². The zero-order valence-corrected chi connectivity index (χ0v) is 28.3. The minimum atomic E-state index is -6.62. The van der Waals surface area contributed by atoms with Crippen molar-refractivity contribution in [3.8, 4) is 0 Å². The number of ether oxygens (including phenoxy) is 2. The van der Waals surface area contributed by atoms with E-state index in [4.69, 9.17) is 15.2 Å². The quantitative estimate of drug-likeness (QED) is 0.0826. The number of hydrogen-bond donors (Lipinski definition) is 6. The summed E-state index contributed by atoms with van der Waals surface area (Å²) < 4.78 is 79.8. The third kappa shape index (κ3) is 9.12. The van der Waals surface area contributed by atoms with Crippen LogP contribution in [0.5, 0.6) is 0 Å². The molecule has 12 atom stereocenters. The van der Waals surface area contributed by atoms with E-state index in [1.54, 1.807) is 0 Å².